The zero-order chi connectivity index (χ0) is 13.8. The minimum Gasteiger partial charge on any atom is -0.362 e. The van der Waals surface area contributed by atoms with E-state index in [0.29, 0.717) is 13.1 Å². The van der Waals surface area contributed by atoms with Gasteiger partial charge in [0.05, 0.1) is 6.10 Å². The van der Waals surface area contributed by atoms with E-state index in [4.69, 9.17) is 4.74 Å². The first-order chi connectivity index (χ1) is 9.81. The molecular formula is C16H22N2O2. The molecular weight excluding hydrogens is 252 g/mol. The summed E-state index contributed by atoms with van der Waals surface area (Å²) < 4.78 is 5.91. The lowest BCUT2D eigenvalue weighted by Gasteiger charge is -2.30. The molecule has 2 atom stereocenters. The molecule has 0 bridgehead atoms. The van der Waals surface area contributed by atoms with Gasteiger partial charge in [-0.2, -0.15) is 0 Å². The van der Waals surface area contributed by atoms with Crippen molar-refractivity contribution in [2.45, 2.75) is 38.0 Å². The number of ether oxygens (including phenoxy) is 1. The highest BCUT2D eigenvalue weighted by molar-refractivity contribution is 5.81. The number of benzene rings is 1. The molecule has 108 valence electrons. The molecule has 1 amide bonds. The molecule has 2 fully saturated rings. The number of amides is 1. The molecule has 2 aliphatic rings. The van der Waals surface area contributed by atoms with Crippen LogP contribution in [0.5, 0.6) is 0 Å². The number of hydrogen-bond donors (Lipinski definition) is 2. The predicted octanol–water partition coefficient (Wildman–Crippen LogP) is 1.46. The van der Waals surface area contributed by atoms with Crippen LogP contribution in [0.1, 0.15) is 24.8 Å². The fraction of sp³-hybridized carbons (Fsp3) is 0.562. The zero-order valence-corrected chi connectivity index (χ0v) is 11.7. The van der Waals surface area contributed by atoms with Gasteiger partial charge in [-0.1, -0.05) is 43.2 Å². The van der Waals surface area contributed by atoms with Crippen LogP contribution >= 0.6 is 0 Å². The average molecular weight is 274 g/mol. The highest BCUT2D eigenvalue weighted by atomic mass is 16.5. The van der Waals surface area contributed by atoms with Gasteiger partial charge in [-0.05, 0) is 17.9 Å². The van der Waals surface area contributed by atoms with Crippen LogP contribution in [-0.2, 0) is 16.1 Å². The fourth-order valence-electron chi connectivity index (χ4n) is 2.62. The Morgan fingerprint density at radius 1 is 1.25 bits per heavy atom. The van der Waals surface area contributed by atoms with E-state index in [1.54, 1.807) is 0 Å². The van der Waals surface area contributed by atoms with E-state index in [2.05, 4.69) is 10.6 Å². The third-order valence-corrected chi connectivity index (χ3v) is 3.95. The normalized spacial score (nSPS) is 26.2. The van der Waals surface area contributed by atoms with Crippen molar-refractivity contribution in [2.75, 3.05) is 13.1 Å². The maximum atomic E-state index is 12.1. The third kappa shape index (κ3) is 3.81. The molecule has 2 N–H and O–H groups in total. The molecule has 4 heteroatoms. The van der Waals surface area contributed by atoms with Gasteiger partial charge in [0.2, 0.25) is 0 Å². The Morgan fingerprint density at radius 3 is 2.80 bits per heavy atom. The molecule has 1 aromatic carbocycles. The molecule has 0 aromatic heterocycles. The first-order valence-electron chi connectivity index (χ1n) is 7.49. The summed E-state index contributed by atoms with van der Waals surface area (Å²) in [6, 6.07) is 9.95. The van der Waals surface area contributed by atoms with Crippen LogP contribution in [0.25, 0.3) is 0 Å². The molecule has 1 saturated carbocycles. The summed E-state index contributed by atoms with van der Waals surface area (Å²) in [6.07, 6.45) is 3.59. The minimum atomic E-state index is -0.351. The lowest BCUT2D eigenvalue weighted by atomic mass is 10.1. The Hall–Kier alpha value is -1.39. The maximum absolute atomic E-state index is 12.1. The molecule has 1 aromatic rings. The molecule has 3 rings (SSSR count). The summed E-state index contributed by atoms with van der Waals surface area (Å²) in [7, 11) is 0. The van der Waals surface area contributed by atoms with Crippen molar-refractivity contribution in [1.29, 1.82) is 0 Å². The van der Waals surface area contributed by atoms with Crippen molar-refractivity contribution in [2.24, 2.45) is 5.92 Å². The number of nitrogens with one attached hydrogen (secondary N) is 2. The lowest BCUT2D eigenvalue weighted by molar-refractivity contribution is -0.140. The maximum Gasteiger partial charge on any atom is 0.250 e. The van der Waals surface area contributed by atoms with Gasteiger partial charge < -0.3 is 15.4 Å². The van der Waals surface area contributed by atoms with Gasteiger partial charge >= 0.3 is 0 Å². The summed E-state index contributed by atoms with van der Waals surface area (Å²) in [6.45, 7) is 2.05. The molecule has 1 aliphatic heterocycles. The second-order valence-corrected chi connectivity index (χ2v) is 5.79. The van der Waals surface area contributed by atoms with Crippen molar-refractivity contribution >= 4 is 5.91 Å². The Labute approximate surface area is 119 Å². The summed E-state index contributed by atoms with van der Waals surface area (Å²) in [4.78, 5) is 12.1. The van der Waals surface area contributed by atoms with Crippen LogP contribution in [-0.4, -0.2) is 31.2 Å². The summed E-state index contributed by atoms with van der Waals surface area (Å²) in [5.41, 5.74) is 1.11. The number of morpholine rings is 1. The van der Waals surface area contributed by atoms with E-state index in [9.17, 15) is 4.79 Å². The number of rotatable bonds is 5. The summed E-state index contributed by atoms with van der Waals surface area (Å²) in [5.74, 6) is 0.815. The number of hydrogen-bond acceptors (Lipinski definition) is 3. The highest BCUT2D eigenvalue weighted by Gasteiger charge is 2.32. The van der Waals surface area contributed by atoms with Gasteiger partial charge in [0.25, 0.3) is 5.91 Å². The summed E-state index contributed by atoms with van der Waals surface area (Å²) >= 11 is 0. The van der Waals surface area contributed by atoms with Crippen molar-refractivity contribution in [1.82, 2.24) is 10.6 Å². The van der Waals surface area contributed by atoms with Gasteiger partial charge in [-0.15, -0.1) is 0 Å². The Balaban J connectivity index is 1.46. The topological polar surface area (TPSA) is 50.4 Å². The Morgan fingerprint density at radius 2 is 2.05 bits per heavy atom. The van der Waals surface area contributed by atoms with Gasteiger partial charge in [-0.25, -0.2) is 0 Å². The monoisotopic (exact) mass is 274 g/mol. The molecule has 0 spiro atoms. The van der Waals surface area contributed by atoms with Crippen LogP contribution < -0.4 is 10.6 Å². The zero-order valence-electron chi connectivity index (χ0n) is 11.7. The summed E-state index contributed by atoms with van der Waals surface area (Å²) in [5, 5.41) is 6.27. The van der Waals surface area contributed by atoms with Gasteiger partial charge in [-0.3, -0.25) is 4.79 Å². The van der Waals surface area contributed by atoms with E-state index in [1.807, 2.05) is 30.3 Å². The van der Waals surface area contributed by atoms with Gasteiger partial charge in [0.1, 0.15) is 6.10 Å². The fourth-order valence-corrected chi connectivity index (χ4v) is 2.62. The number of carbonyl (C=O) groups excluding carboxylic acids is 1. The van der Waals surface area contributed by atoms with E-state index < -0.39 is 0 Å². The minimum absolute atomic E-state index is 0.0122. The van der Waals surface area contributed by atoms with Crippen LogP contribution in [0.15, 0.2) is 30.3 Å². The molecule has 20 heavy (non-hydrogen) atoms. The Bertz CT molecular complexity index is 445. The van der Waals surface area contributed by atoms with E-state index in [0.717, 1.165) is 24.4 Å². The van der Waals surface area contributed by atoms with E-state index >= 15 is 0 Å². The molecule has 0 radical (unpaired) electrons. The molecule has 1 aliphatic carbocycles. The molecule has 1 heterocycles. The van der Waals surface area contributed by atoms with Crippen molar-refractivity contribution in [3.8, 4) is 0 Å². The first-order valence-corrected chi connectivity index (χ1v) is 7.49. The standard InChI is InChI=1S/C16H22N2O2/c19-16(18-9-13-4-2-1-3-5-13)15-11-17-10-14(20-15)8-12-6-7-12/h1-5,12,14-15,17H,6-11H2,(H,18,19)/t14-,15-/m0/s1. The Kier molecular flexibility index (Phi) is 4.33. The van der Waals surface area contributed by atoms with Gasteiger partial charge in [0.15, 0.2) is 0 Å². The van der Waals surface area contributed by atoms with E-state index in [1.165, 1.54) is 12.8 Å². The third-order valence-electron chi connectivity index (χ3n) is 3.95. The van der Waals surface area contributed by atoms with Crippen LogP contribution in [0.3, 0.4) is 0 Å². The quantitative estimate of drug-likeness (QED) is 0.854. The second-order valence-electron chi connectivity index (χ2n) is 5.79. The molecule has 1 saturated heterocycles. The van der Waals surface area contributed by atoms with Crippen LogP contribution in [0, 0.1) is 5.92 Å². The highest BCUT2D eigenvalue weighted by Crippen LogP contribution is 2.34. The van der Waals surface area contributed by atoms with E-state index in [-0.39, 0.29) is 18.1 Å². The second kappa shape index (κ2) is 6.37. The van der Waals surface area contributed by atoms with Crippen LogP contribution in [0.2, 0.25) is 0 Å². The van der Waals surface area contributed by atoms with Crippen LogP contribution in [0.4, 0.5) is 0 Å². The van der Waals surface area contributed by atoms with Crippen molar-refractivity contribution in [3.05, 3.63) is 35.9 Å². The predicted molar refractivity (Wildman–Crippen MR) is 77.2 cm³/mol. The first kappa shape index (κ1) is 13.6. The largest absolute Gasteiger partial charge is 0.362 e. The molecule has 0 unspecified atom stereocenters. The smallest absolute Gasteiger partial charge is 0.250 e. The van der Waals surface area contributed by atoms with Crippen molar-refractivity contribution in [3.63, 3.8) is 0 Å². The SMILES string of the molecule is O=C(NCc1ccccc1)[C@@H]1CNC[C@H](CC2CC2)O1. The number of carbonyl (C=O) groups is 1. The molecule has 4 nitrogen and oxygen atoms in total. The van der Waals surface area contributed by atoms with Crippen molar-refractivity contribution < 1.29 is 9.53 Å². The average Bonchev–Trinajstić information content (AvgIpc) is 3.30. The van der Waals surface area contributed by atoms with Gasteiger partial charge in [0, 0.05) is 19.6 Å². The lowest BCUT2D eigenvalue weighted by Crippen LogP contribution is -2.51.